The first kappa shape index (κ1) is 13.5. The van der Waals surface area contributed by atoms with Crippen molar-refractivity contribution in [2.75, 3.05) is 18.9 Å². The van der Waals surface area contributed by atoms with Crippen LogP contribution in [0.2, 0.25) is 0 Å². The van der Waals surface area contributed by atoms with Crippen molar-refractivity contribution in [1.82, 2.24) is 5.01 Å². The van der Waals surface area contributed by atoms with E-state index in [-0.39, 0.29) is 9.99 Å². The molecule has 4 nitrogen and oxygen atoms in total. The molecule has 106 valence electrons. The first-order valence-electron chi connectivity index (χ1n) is 6.91. The number of amides is 1. The van der Waals surface area contributed by atoms with Crippen LogP contribution in [0.25, 0.3) is 0 Å². The van der Waals surface area contributed by atoms with Gasteiger partial charge in [-0.3, -0.25) is 4.79 Å². The number of para-hydroxylation sites is 1. The molecule has 20 heavy (non-hydrogen) atoms. The number of hydrogen-bond donors (Lipinski definition) is 1. The van der Waals surface area contributed by atoms with E-state index < -0.39 is 0 Å². The number of benzene rings is 1. The van der Waals surface area contributed by atoms with Crippen molar-refractivity contribution >= 4 is 28.4 Å². The number of nitrogens with one attached hydrogen (secondary N) is 1. The van der Waals surface area contributed by atoms with Gasteiger partial charge in [-0.15, -0.1) is 0 Å². The van der Waals surface area contributed by atoms with Crippen LogP contribution < -0.4 is 5.32 Å². The van der Waals surface area contributed by atoms with Crippen molar-refractivity contribution in [3.63, 3.8) is 0 Å². The Morgan fingerprint density at radius 1 is 1.40 bits per heavy atom. The zero-order valence-electron chi connectivity index (χ0n) is 12.1. The predicted molar refractivity (Wildman–Crippen MR) is 84.6 cm³/mol. The smallest absolute Gasteiger partial charge is 0.302 e. The summed E-state index contributed by atoms with van der Waals surface area (Å²) >= 11 is 1.33. The lowest BCUT2D eigenvalue weighted by Crippen LogP contribution is -2.40. The fourth-order valence-corrected chi connectivity index (χ4v) is 3.59. The zero-order valence-corrected chi connectivity index (χ0v) is 12.9. The summed E-state index contributed by atoms with van der Waals surface area (Å²) in [6.07, 6.45) is 2.27. The number of aryl methyl sites for hydroxylation is 1. The van der Waals surface area contributed by atoms with Crippen LogP contribution in [-0.4, -0.2) is 34.3 Å². The molecular formula is C15H19N3OS. The van der Waals surface area contributed by atoms with E-state index >= 15 is 0 Å². The van der Waals surface area contributed by atoms with Gasteiger partial charge in [0.25, 0.3) is 0 Å². The molecule has 0 unspecified atom stereocenters. The number of anilines is 1. The van der Waals surface area contributed by atoms with Gasteiger partial charge in [-0.2, -0.15) is 5.10 Å². The molecule has 0 radical (unpaired) electrons. The van der Waals surface area contributed by atoms with Gasteiger partial charge < -0.3 is 5.32 Å². The molecule has 0 aromatic heterocycles. The monoisotopic (exact) mass is 289 g/mol. The molecule has 0 saturated carbocycles. The summed E-state index contributed by atoms with van der Waals surface area (Å²) in [6.45, 7) is 5.12. The average molecular weight is 289 g/mol. The van der Waals surface area contributed by atoms with Crippen molar-refractivity contribution in [2.45, 2.75) is 31.4 Å². The van der Waals surface area contributed by atoms with Crippen LogP contribution in [-0.2, 0) is 6.42 Å². The highest BCUT2D eigenvalue weighted by atomic mass is 32.2. The second-order valence-electron chi connectivity index (χ2n) is 5.72. The molecule has 1 aromatic carbocycles. The molecule has 3 rings (SSSR count). The van der Waals surface area contributed by atoms with Gasteiger partial charge >= 0.3 is 5.24 Å². The van der Waals surface area contributed by atoms with Crippen LogP contribution in [0.3, 0.4) is 0 Å². The van der Waals surface area contributed by atoms with Gasteiger partial charge in [0.05, 0.1) is 10.5 Å². The summed E-state index contributed by atoms with van der Waals surface area (Å²) < 4.78 is -0.308. The summed E-state index contributed by atoms with van der Waals surface area (Å²) in [5.41, 5.74) is 4.63. The van der Waals surface area contributed by atoms with Crippen molar-refractivity contribution in [1.29, 1.82) is 0 Å². The van der Waals surface area contributed by atoms with E-state index in [2.05, 4.69) is 42.5 Å². The van der Waals surface area contributed by atoms with Gasteiger partial charge in [-0.25, -0.2) is 5.01 Å². The van der Waals surface area contributed by atoms with Gasteiger partial charge in [0.1, 0.15) is 0 Å². The number of nitrogens with zero attached hydrogens (tertiary/aromatic N) is 2. The van der Waals surface area contributed by atoms with E-state index in [1.54, 1.807) is 7.05 Å². The Kier molecular flexibility index (Phi) is 3.24. The van der Waals surface area contributed by atoms with Gasteiger partial charge in [-0.05, 0) is 32.3 Å². The molecule has 0 bridgehead atoms. The number of hydrazone groups is 1. The fraction of sp³-hybridized carbons (Fsp3) is 0.467. The van der Waals surface area contributed by atoms with Gasteiger partial charge in [0, 0.05) is 24.8 Å². The first-order chi connectivity index (χ1) is 9.49. The van der Waals surface area contributed by atoms with Crippen LogP contribution in [0.4, 0.5) is 10.5 Å². The lowest BCUT2D eigenvalue weighted by molar-refractivity contribution is 0.234. The Balaban J connectivity index is 2.13. The molecule has 1 aromatic rings. The lowest BCUT2D eigenvalue weighted by atomic mass is 9.92. The van der Waals surface area contributed by atoms with Crippen molar-refractivity contribution in [3.05, 3.63) is 29.3 Å². The Labute approximate surface area is 123 Å². The Bertz CT molecular complexity index is 595. The Hall–Kier alpha value is -1.49. The number of carbonyl (C=O) groups is 1. The third-order valence-electron chi connectivity index (χ3n) is 3.76. The minimum Gasteiger partial charge on any atom is -0.384 e. The van der Waals surface area contributed by atoms with Gasteiger partial charge in [0.2, 0.25) is 0 Å². The minimum atomic E-state index is -0.308. The van der Waals surface area contributed by atoms with Gasteiger partial charge in [0.15, 0.2) is 0 Å². The molecule has 2 heterocycles. The predicted octanol–water partition coefficient (Wildman–Crippen LogP) is 3.33. The van der Waals surface area contributed by atoms with Crippen molar-refractivity contribution < 1.29 is 4.79 Å². The van der Waals surface area contributed by atoms with Crippen molar-refractivity contribution in [2.24, 2.45) is 5.10 Å². The number of rotatable bonds is 1. The Morgan fingerprint density at radius 2 is 2.20 bits per heavy atom. The van der Waals surface area contributed by atoms with E-state index in [9.17, 15) is 4.79 Å². The Morgan fingerprint density at radius 3 is 3.00 bits per heavy atom. The topological polar surface area (TPSA) is 44.7 Å². The third kappa shape index (κ3) is 2.20. The number of thioether (sulfide) groups is 1. The normalized spacial score (nSPS) is 21.1. The molecule has 0 spiro atoms. The second kappa shape index (κ2) is 4.81. The van der Waals surface area contributed by atoms with Crippen LogP contribution in [0.1, 0.15) is 31.4 Å². The molecule has 0 saturated heterocycles. The molecule has 2 aliphatic heterocycles. The standard InChI is InChI=1S/C15H19N3OS/c1-15(2)13(17-18(3)14(19)20-15)11-8-4-6-10-7-5-9-16-12(10)11/h4,6,8,16H,5,7,9H2,1-3H3. The highest BCUT2D eigenvalue weighted by Crippen LogP contribution is 2.38. The molecule has 0 atom stereocenters. The fourth-order valence-electron chi connectivity index (χ4n) is 2.73. The molecule has 0 aliphatic carbocycles. The van der Waals surface area contributed by atoms with Crippen LogP contribution >= 0.6 is 11.8 Å². The first-order valence-corrected chi connectivity index (χ1v) is 7.72. The molecule has 5 heteroatoms. The molecule has 2 aliphatic rings. The van der Waals surface area contributed by atoms with E-state index in [1.807, 2.05) is 0 Å². The SMILES string of the molecule is CN1N=C(c2cccc3c2NCCC3)C(C)(C)SC1=O. The maximum atomic E-state index is 11.8. The highest BCUT2D eigenvalue weighted by molar-refractivity contribution is 8.15. The van der Waals surface area contributed by atoms with Crippen molar-refractivity contribution in [3.8, 4) is 0 Å². The highest BCUT2D eigenvalue weighted by Gasteiger charge is 2.37. The zero-order chi connectivity index (χ0) is 14.3. The summed E-state index contributed by atoms with van der Waals surface area (Å²) in [5.74, 6) is 0. The second-order valence-corrected chi connectivity index (χ2v) is 7.29. The van der Waals surface area contributed by atoms with E-state index in [4.69, 9.17) is 0 Å². The molecular weight excluding hydrogens is 270 g/mol. The number of hydrogen-bond acceptors (Lipinski definition) is 4. The lowest BCUT2D eigenvalue weighted by Gasteiger charge is -2.34. The van der Waals surface area contributed by atoms with E-state index in [0.717, 1.165) is 24.2 Å². The maximum Gasteiger partial charge on any atom is 0.302 e. The van der Waals surface area contributed by atoms with Gasteiger partial charge in [-0.1, -0.05) is 30.0 Å². The summed E-state index contributed by atoms with van der Waals surface area (Å²) in [6, 6.07) is 6.35. The molecule has 1 amide bonds. The van der Waals surface area contributed by atoms with Crippen LogP contribution in [0.5, 0.6) is 0 Å². The van der Waals surface area contributed by atoms with E-state index in [0.29, 0.717) is 0 Å². The van der Waals surface area contributed by atoms with E-state index in [1.165, 1.54) is 34.4 Å². The summed E-state index contributed by atoms with van der Waals surface area (Å²) in [7, 11) is 1.72. The summed E-state index contributed by atoms with van der Waals surface area (Å²) in [4.78, 5) is 11.8. The molecule has 0 fully saturated rings. The van der Waals surface area contributed by atoms with Crippen LogP contribution in [0.15, 0.2) is 23.3 Å². The summed E-state index contributed by atoms with van der Waals surface area (Å²) in [5, 5.41) is 9.47. The maximum absolute atomic E-state index is 11.8. The minimum absolute atomic E-state index is 0.00323. The molecule has 1 N–H and O–H groups in total. The number of carbonyl (C=O) groups excluding carboxylic acids is 1. The average Bonchev–Trinajstić information content (AvgIpc) is 2.42. The number of fused-ring (bicyclic) bond motifs is 1. The quantitative estimate of drug-likeness (QED) is 0.862. The third-order valence-corrected chi connectivity index (χ3v) is 4.90. The largest absolute Gasteiger partial charge is 0.384 e. The van der Waals surface area contributed by atoms with Crippen LogP contribution in [0, 0.1) is 0 Å².